The molecule has 5 heteroatoms. The average molecular weight is 288 g/mol. The minimum atomic E-state index is 0.219. The maximum absolute atomic E-state index is 11.7. The summed E-state index contributed by atoms with van der Waals surface area (Å²) < 4.78 is 2.75. The lowest BCUT2D eigenvalue weighted by atomic mass is 10.1. The fourth-order valence-corrected chi connectivity index (χ4v) is 2.34. The van der Waals surface area contributed by atoms with Crippen LogP contribution in [-0.4, -0.2) is 22.1 Å². The Morgan fingerprint density at radius 3 is 2.75 bits per heavy atom. The predicted octanol–water partition coefficient (Wildman–Crippen LogP) is 1.60. The lowest BCUT2D eigenvalue weighted by Crippen LogP contribution is -2.10. The summed E-state index contributed by atoms with van der Waals surface area (Å²) in [6.07, 6.45) is 2.61. The first-order chi connectivity index (χ1) is 7.60. The van der Waals surface area contributed by atoms with Gasteiger partial charge in [0.05, 0.1) is 15.9 Å². The molecule has 0 amide bonds. The van der Waals surface area contributed by atoms with Crippen molar-refractivity contribution in [1.29, 1.82) is 0 Å². The molecule has 0 saturated carbocycles. The van der Waals surface area contributed by atoms with Gasteiger partial charge in [0.2, 0.25) is 0 Å². The number of rotatable bonds is 6. The molecule has 0 atom stereocenters. The van der Waals surface area contributed by atoms with Crippen LogP contribution in [0, 0.1) is 0 Å². The van der Waals surface area contributed by atoms with E-state index in [1.807, 2.05) is 14.0 Å². The highest BCUT2D eigenvalue weighted by molar-refractivity contribution is 9.10. The Kier molecular flexibility index (Phi) is 5.15. The molecule has 0 radical (unpaired) electrons. The fraction of sp³-hybridized carbons (Fsp3) is 0.636. The normalized spacial score (nSPS) is 10.8. The van der Waals surface area contributed by atoms with Crippen LogP contribution in [0.25, 0.3) is 0 Å². The number of aryl methyl sites for hydroxylation is 2. The van der Waals surface area contributed by atoms with Gasteiger partial charge in [-0.05, 0) is 35.3 Å². The first-order valence-corrected chi connectivity index (χ1v) is 6.31. The Hall–Kier alpha value is -0.680. The van der Waals surface area contributed by atoms with Crippen molar-refractivity contribution in [2.75, 3.05) is 6.54 Å². The van der Waals surface area contributed by atoms with Gasteiger partial charge in [0.1, 0.15) is 5.78 Å². The standard InChI is InChI=1S/C11H18BrN3O/c1-3-9-11(12)10(15(2)14-9)7-8(16)5-4-6-13/h3-7,13H2,1-2H3. The second-order valence-electron chi connectivity index (χ2n) is 3.79. The van der Waals surface area contributed by atoms with Crippen molar-refractivity contribution in [2.45, 2.75) is 32.6 Å². The molecule has 1 aromatic heterocycles. The summed E-state index contributed by atoms with van der Waals surface area (Å²) in [4.78, 5) is 11.7. The van der Waals surface area contributed by atoms with Gasteiger partial charge in [-0.1, -0.05) is 6.92 Å². The molecule has 0 saturated heterocycles. The zero-order valence-electron chi connectivity index (χ0n) is 9.79. The largest absolute Gasteiger partial charge is 0.330 e. The molecule has 0 fully saturated rings. The third kappa shape index (κ3) is 3.15. The van der Waals surface area contributed by atoms with Gasteiger partial charge < -0.3 is 5.73 Å². The highest BCUT2D eigenvalue weighted by Gasteiger charge is 2.15. The molecule has 0 spiro atoms. The Morgan fingerprint density at radius 1 is 1.56 bits per heavy atom. The zero-order chi connectivity index (χ0) is 12.1. The van der Waals surface area contributed by atoms with E-state index in [0.717, 1.165) is 28.7 Å². The van der Waals surface area contributed by atoms with E-state index in [-0.39, 0.29) is 5.78 Å². The molecule has 4 nitrogen and oxygen atoms in total. The van der Waals surface area contributed by atoms with Crippen LogP contribution >= 0.6 is 15.9 Å². The summed E-state index contributed by atoms with van der Waals surface area (Å²) in [5.74, 6) is 0.219. The van der Waals surface area contributed by atoms with Crippen LogP contribution in [0.5, 0.6) is 0 Å². The lowest BCUT2D eigenvalue weighted by Gasteiger charge is -2.02. The number of ketones is 1. The summed E-state index contributed by atoms with van der Waals surface area (Å²) in [6.45, 7) is 2.62. The van der Waals surface area contributed by atoms with Crippen molar-refractivity contribution in [1.82, 2.24) is 9.78 Å². The van der Waals surface area contributed by atoms with Crippen LogP contribution in [0.4, 0.5) is 0 Å². The van der Waals surface area contributed by atoms with Gasteiger partial charge in [-0.2, -0.15) is 5.10 Å². The van der Waals surface area contributed by atoms with E-state index >= 15 is 0 Å². The summed E-state index contributed by atoms with van der Waals surface area (Å²) in [7, 11) is 1.87. The molecule has 90 valence electrons. The first kappa shape index (κ1) is 13.4. The van der Waals surface area contributed by atoms with Crippen molar-refractivity contribution < 1.29 is 4.79 Å². The Labute approximate surface area is 104 Å². The van der Waals surface area contributed by atoms with Crippen molar-refractivity contribution in [3.8, 4) is 0 Å². The molecule has 16 heavy (non-hydrogen) atoms. The van der Waals surface area contributed by atoms with Gasteiger partial charge in [0, 0.05) is 19.9 Å². The topological polar surface area (TPSA) is 60.9 Å². The molecule has 0 aliphatic heterocycles. The molecule has 2 N–H and O–H groups in total. The molecule has 1 aromatic rings. The van der Waals surface area contributed by atoms with Gasteiger partial charge in [-0.3, -0.25) is 9.48 Å². The Balaban J connectivity index is 2.73. The number of Topliss-reactive ketones (excluding diaryl/α,β-unsaturated/α-hetero) is 1. The monoisotopic (exact) mass is 287 g/mol. The van der Waals surface area contributed by atoms with Crippen molar-refractivity contribution in [3.63, 3.8) is 0 Å². The van der Waals surface area contributed by atoms with E-state index in [4.69, 9.17) is 5.73 Å². The number of carbonyl (C=O) groups excluding carboxylic acids is 1. The molecular weight excluding hydrogens is 270 g/mol. The van der Waals surface area contributed by atoms with Crippen LogP contribution in [0.1, 0.15) is 31.2 Å². The summed E-state index contributed by atoms with van der Waals surface area (Å²) in [5.41, 5.74) is 7.34. The van der Waals surface area contributed by atoms with E-state index in [9.17, 15) is 4.79 Å². The van der Waals surface area contributed by atoms with E-state index in [2.05, 4.69) is 21.0 Å². The minimum absolute atomic E-state index is 0.219. The quantitative estimate of drug-likeness (QED) is 0.864. The third-order valence-corrected chi connectivity index (χ3v) is 3.44. The van der Waals surface area contributed by atoms with Gasteiger partial charge in [-0.15, -0.1) is 0 Å². The molecule has 1 heterocycles. The summed E-state index contributed by atoms with van der Waals surface area (Å²) in [6, 6.07) is 0. The molecule has 0 aliphatic carbocycles. The molecule has 0 aromatic carbocycles. The van der Waals surface area contributed by atoms with Gasteiger partial charge in [0.15, 0.2) is 0 Å². The number of aromatic nitrogens is 2. The number of halogens is 1. The number of hydrogen-bond acceptors (Lipinski definition) is 3. The highest BCUT2D eigenvalue weighted by Crippen LogP contribution is 2.22. The maximum atomic E-state index is 11.7. The SMILES string of the molecule is CCc1nn(C)c(CC(=O)CCCN)c1Br. The summed E-state index contributed by atoms with van der Waals surface area (Å²) >= 11 is 3.50. The summed E-state index contributed by atoms with van der Waals surface area (Å²) in [5, 5.41) is 4.35. The van der Waals surface area contributed by atoms with Crippen LogP contribution < -0.4 is 5.73 Å². The average Bonchev–Trinajstić information content (AvgIpc) is 2.53. The molecule has 0 bridgehead atoms. The van der Waals surface area contributed by atoms with Crippen LogP contribution in [0.15, 0.2) is 4.47 Å². The molecule has 1 rings (SSSR count). The first-order valence-electron chi connectivity index (χ1n) is 5.52. The van der Waals surface area contributed by atoms with Crippen molar-refractivity contribution >= 4 is 21.7 Å². The molecule has 0 aliphatic rings. The molecular formula is C11H18BrN3O. The zero-order valence-corrected chi connectivity index (χ0v) is 11.4. The van der Waals surface area contributed by atoms with Crippen LogP contribution in [0.3, 0.4) is 0 Å². The second kappa shape index (κ2) is 6.15. The smallest absolute Gasteiger partial charge is 0.138 e. The van der Waals surface area contributed by atoms with Crippen LogP contribution in [-0.2, 0) is 24.7 Å². The number of hydrogen-bond donors (Lipinski definition) is 1. The fourth-order valence-electron chi connectivity index (χ4n) is 1.59. The van der Waals surface area contributed by atoms with E-state index < -0.39 is 0 Å². The van der Waals surface area contributed by atoms with Crippen molar-refractivity contribution in [2.24, 2.45) is 12.8 Å². The van der Waals surface area contributed by atoms with Crippen LogP contribution in [0.2, 0.25) is 0 Å². The van der Waals surface area contributed by atoms with E-state index in [1.165, 1.54) is 0 Å². The van der Waals surface area contributed by atoms with Gasteiger partial charge in [-0.25, -0.2) is 0 Å². The highest BCUT2D eigenvalue weighted by atomic mass is 79.9. The number of nitrogens with two attached hydrogens (primary N) is 1. The van der Waals surface area contributed by atoms with E-state index in [0.29, 0.717) is 19.4 Å². The minimum Gasteiger partial charge on any atom is -0.330 e. The van der Waals surface area contributed by atoms with Gasteiger partial charge >= 0.3 is 0 Å². The Morgan fingerprint density at radius 2 is 2.25 bits per heavy atom. The molecule has 0 unspecified atom stereocenters. The van der Waals surface area contributed by atoms with Gasteiger partial charge in [0.25, 0.3) is 0 Å². The number of nitrogens with zero attached hydrogens (tertiary/aromatic N) is 2. The predicted molar refractivity (Wildman–Crippen MR) is 67.3 cm³/mol. The third-order valence-electron chi connectivity index (χ3n) is 2.53. The lowest BCUT2D eigenvalue weighted by molar-refractivity contribution is -0.118. The second-order valence-corrected chi connectivity index (χ2v) is 4.59. The number of carbonyl (C=O) groups is 1. The van der Waals surface area contributed by atoms with E-state index in [1.54, 1.807) is 4.68 Å². The Bertz CT molecular complexity index is 374. The van der Waals surface area contributed by atoms with Crippen molar-refractivity contribution in [3.05, 3.63) is 15.9 Å². The maximum Gasteiger partial charge on any atom is 0.138 e.